The summed E-state index contributed by atoms with van der Waals surface area (Å²) in [4.78, 5) is 11.7. The highest BCUT2D eigenvalue weighted by atomic mass is 16.5. The summed E-state index contributed by atoms with van der Waals surface area (Å²) in [6.07, 6.45) is 2.49. The quantitative estimate of drug-likeness (QED) is 0.437. The van der Waals surface area contributed by atoms with Crippen LogP contribution in [0.3, 0.4) is 0 Å². The smallest absolute Gasteiger partial charge is 0.162 e. The predicted octanol–water partition coefficient (Wildman–Crippen LogP) is 3.49. The van der Waals surface area contributed by atoms with E-state index < -0.39 is 0 Å². The van der Waals surface area contributed by atoms with Crippen LogP contribution < -0.4 is 4.74 Å². The Bertz CT molecular complexity index is 386. The zero-order valence-corrected chi connectivity index (χ0v) is 13.1. The molecule has 0 unspecified atom stereocenters. The maximum Gasteiger partial charge on any atom is 0.162 e. The molecule has 0 amide bonds. The van der Waals surface area contributed by atoms with Crippen molar-refractivity contribution in [3.05, 3.63) is 29.8 Å². The summed E-state index contributed by atoms with van der Waals surface area (Å²) < 4.78 is 16.2. The topological polar surface area (TPSA) is 44.8 Å². The van der Waals surface area contributed by atoms with Gasteiger partial charge in [0.1, 0.15) is 12.4 Å². The van der Waals surface area contributed by atoms with Crippen molar-refractivity contribution in [3.63, 3.8) is 0 Å². The number of rotatable bonds is 12. The van der Waals surface area contributed by atoms with Crippen LogP contribution in [0.25, 0.3) is 0 Å². The van der Waals surface area contributed by atoms with Gasteiger partial charge in [-0.15, -0.1) is 0 Å². The molecule has 0 aromatic heterocycles. The fourth-order valence-corrected chi connectivity index (χ4v) is 1.79. The summed E-state index contributed by atoms with van der Waals surface area (Å²) in [5.41, 5.74) is 0.744. The first-order chi connectivity index (χ1) is 10.3. The molecule has 0 aliphatic rings. The molecule has 0 heterocycles. The van der Waals surface area contributed by atoms with Crippen molar-refractivity contribution in [2.75, 3.05) is 33.0 Å². The maximum atomic E-state index is 11.7. The summed E-state index contributed by atoms with van der Waals surface area (Å²) in [6.45, 7) is 7.11. The van der Waals surface area contributed by atoms with E-state index in [2.05, 4.69) is 6.92 Å². The van der Waals surface area contributed by atoms with Gasteiger partial charge in [-0.25, -0.2) is 0 Å². The summed E-state index contributed by atoms with van der Waals surface area (Å²) in [6, 6.07) is 7.28. The van der Waals surface area contributed by atoms with Crippen molar-refractivity contribution in [2.24, 2.45) is 0 Å². The van der Waals surface area contributed by atoms with E-state index in [9.17, 15) is 4.79 Å². The minimum absolute atomic E-state index is 0.180. The SMILES string of the molecule is CCCOCCOCCOc1ccc(C(=O)CCC)cc1. The Hall–Kier alpha value is -1.39. The van der Waals surface area contributed by atoms with Crippen LogP contribution in [0, 0.1) is 0 Å². The number of hydrogen-bond acceptors (Lipinski definition) is 4. The summed E-state index contributed by atoms with van der Waals surface area (Å²) in [5.74, 6) is 0.938. The molecule has 1 rings (SSSR count). The molecule has 0 bridgehead atoms. The fraction of sp³-hybridized carbons (Fsp3) is 0.588. The van der Waals surface area contributed by atoms with Crippen LogP contribution in [-0.4, -0.2) is 38.8 Å². The van der Waals surface area contributed by atoms with Gasteiger partial charge in [0.25, 0.3) is 0 Å². The summed E-state index contributed by atoms with van der Waals surface area (Å²) >= 11 is 0. The van der Waals surface area contributed by atoms with Gasteiger partial charge in [-0.1, -0.05) is 13.8 Å². The van der Waals surface area contributed by atoms with Crippen molar-refractivity contribution >= 4 is 5.78 Å². The highest BCUT2D eigenvalue weighted by molar-refractivity contribution is 5.96. The van der Waals surface area contributed by atoms with Crippen molar-refractivity contribution in [2.45, 2.75) is 33.1 Å². The Balaban J connectivity index is 2.14. The van der Waals surface area contributed by atoms with Crippen LogP contribution in [0.2, 0.25) is 0 Å². The number of ketones is 1. The minimum Gasteiger partial charge on any atom is -0.491 e. The second-order valence-electron chi connectivity index (χ2n) is 4.77. The number of ether oxygens (including phenoxy) is 3. The average Bonchev–Trinajstić information content (AvgIpc) is 2.51. The van der Waals surface area contributed by atoms with E-state index in [0.717, 1.165) is 30.8 Å². The average molecular weight is 294 g/mol. The molecule has 1 aromatic carbocycles. The Labute approximate surface area is 127 Å². The molecule has 0 N–H and O–H groups in total. The van der Waals surface area contributed by atoms with Gasteiger partial charge in [-0.2, -0.15) is 0 Å². The van der Waals surface area contributed by atoms with Crippen LogP contribution in [0.1, 0.15) is 43.5 Å². The van der Waals surface area contributed by atoms with E-state index >= 15 is 0 Å². The number of carbonyl (C=O) groups is 1. The van der Waals surface area contributed by atoms with Crippen LogP contribution in [0.15, 0.2) is 24.3 Å². The molecular formula is C17H26O4. The Morgan fingerprint density at radius 3 is 2.10 bits per heavy atom. The van der Waals surface area contributed by atoms with Crippen LogP contribution >= 0.6 is 0 Å². The van der Waals surface area contributed by atoms with Crippen LogP contribution in [0.5, 0.6) is 5.75 Å². The van der Waals surface area contributed by atoms with Gasteiger partial charge in [0.05, 0.1) is 19.8 Å². The van der Waals surface area contributed by atoms with E-state index in [1.807, 2.05) is 31.2 Å². The van der Waals surface area contributed by atoms with Gasteiger partial charge in [-0.3, -0.25) is 4.79 Å². The van der Waals surface area contributed by atoms with E-state index in [1.165, 1.54) is 0 Å². The zero-order chi connectivity index (χ0) is 15.3. The number of hydrogen-bond donors (Lipinski definition) is 0. The molecule has 21 heavy (non-hydrogen) atoms. The molecule has 0 atom stereocenters. The number of benzene rings is 1. The molecule has 0 fully saturated rings. The molecule has 0 spiro atoms. The van der Waals surface area contributed by atoms with Gasteiger partial charge in [0.2, 0.25) is 0 Å². The first-order valence-corrected chi connectivity index (χ1v) is 7.69. The molecule has 0 radical (unpaired) electrons. The molecule has 4 nitrogen and oxygen atoms in total. The van der Waals surface area contributed by atoms with Crippen LogP contribution in [0.4, 0.5) is 0 Å². The molecule has 4 heteroatoms. The predicted molar refractivity (Wildman–Crippen MR) is 83.1 cm³/mol. The normalized spacial score (nSPS) is 10.6. The van der Waals surface area contributed by atoms with Crippen molar-refractivity contribution in [1.29, 1.82) is 0 Å². The summed E-state index contributed by atoms with van der Waals surface area (Å²) in [5, 5.41) is 0. The third-order valence-corrected chi connectivity index (χ3v) is 2.87. The molecular weight excluding hydrogens is 268 g/mol. The maximum absolute atomic E-state index is 11.7. The molecule has 0 aliphatic carbocycles. The van der Waals surface area contributed by atoms with Crippen molar-refractivity contribution in [1.82, 2.24) is 0 Å². The van der Waals surface area contributed by atoms with Gasteiger partial charge in [0.15, 0.2) is 5.78 Å². The third kappa shape index (κ3) is 7.83. The first kappa shape index (κ1) is 17.7. The zero-order valence-electron chi connectivity index (χ0n) is 13.1. The minimum atomic E-state index is 0.180. The lowest BCUT2D eigenvalue weighted by Crippen LogP contribution is -2.11. The van der Waals surface area contributed by atoms with E-state index in [-0.39, 0.29) is 5.78 Å². The third-order valence-electron chi connectivity index (χ3n) is 2.87. The van der Waals surface area contributed by atoms with Gasteiger partial charge in [-0.05, 0) is 37.1 Å². The number of Topliss-reactive ketones (excluding diaryl/α,β-unsaturated/α-hetero) is 1. The fourth-order valence-electron chi connectivity index (χ4n) is 1.79. The standard InChI is InChI=1S/C17H26O4/c1-3-5-17(18)15-6-8-16(9-7-15)21-14-13-20-12-11-19-10-4-2/h6-9H,3-5,10-14H2,1-2H3. The van der Waals surface area contributed by atoms with Crippen LogP contribution in [-0.2, 0) is 9.47 Å². The highest BCUT2D eigenvalue weighted by Gasteiger charge is 2.04. The molecule has 0 saturated carbocycles. The molecule has 118 valence electrons. The lowest BCUT2D eigenvalue weighted by atomic mass is 10.1. The number of carbonyl (C=O) groups excluding carboxylic acids is 1. The Kier molecular flexibility index (Phi) is 9.49. The lowest BCUT2D eigenvalue weighted by Gasteiger charge is -2.08. The van der Waals surface area contributed by atoms with Crippen molar-refractivity contribution < 1.29 is 19.0 Å². The van der Waals surface area contributed by atoms with Gasteiger partial charge < -0.3 is 14.2 Å². The Morgan fingerprint density at radius 1 is 0.857 bits per heavy atom. The largest absolute Gasteiger partial charge is 0.491 e. The van der Waals surface area contributed by atoms with Gasteiger partial charge in [0, 0.05) is 18.6 Å². The molecule has 1 aromatic rings. The van der Waals surface area contributed by atoms with E-state index in [0.29, 0.717) is 32.8 Å². The van der Waals surface area contributed by atoms with Crippen molar-refractivity contribution in [3.8, 4) is 5.75 Å². The lowest BCUT2D eigenvalue weighted by molar-refractivity contribution is 0.0366. The van der Waals surface area contributed by atoms with E-state index in [4.69, 9.17) is 14.2 Å². The summed E-state index contributed by atoms with van der Waals surface area (Å²) in [7, 11) is 0. The highest BCUT2D eigenvalue weighted by Crippen LogP contribution is 2.13. The molecule has 0 saturated heterocycles. The Morgan fingerprint density at radius 2 is 1.48 bits per heavy atom. The monoisotopic (exact) mass is 294 g/mol. The van der Waals surface area contributed by atoms with Gasteiger partial charge >= 0.3 is 0 Å². The molecule has 0 aliphatic heterocycles. The second-order valence-corrected chi connectivity index (χ2v) is 4.77. The second kappa shape index (κ2) is 11.3. The van der Waals surface area contributed by atoms with E-state index in [1.54, 1.807) is 0 Å². The first-order valence-electron chi connectivity index (χ1n) is 7.69.